The molecule has 1 aromatic rings. The van der Waals surface area contributed by atoms with Crippen LogP contribution < -0.4 is 10.6 Å². The van der Waals surface area contributed by atoms with E-state index in [0.29, 0.717) is 17.8 Å². The quantitative estimate of drug-likeness (QED) is 0.763. The number of benzene rings is 1. The van der Waals surface area contributed by atoms with E-state index in [0.717, 1.165) is 45.7 Å². The number of hydrogen-bond acceptors (Lipinski definition) is 4. The first-order chi connectivity index (χ1) is 12.1. The number of nitrogens with zero attached hydrogens (tertiary/aromatic N) is 1. The minimum Gasteiger partial charge on any atom is -0.379 e. The lowest BCUT2D eigenvalue weighted by Crippen LogP contribution is -2.37. The number of carbonyl (C=O) groups excluding carboxylic acids is 2. The van der Waals surface area contributed by atoms with E-state index in [2.05, 4.69) is 15.5 Å². The Morgan fingerprint density at radius 2 is 2.12 bits per heavy atom. The Morgan fingerprint density at radius 1 is 1.32 bits per heavy atom. The summed E-state index contributed by atoms with van der Waals surface area (Å²) in [6.07, 6.45) is 1.99. The molecule has 0 aliphatic carbocycles. The summed E-state index contributed by atoms with van der Waals surface area (Å²) >= 11 is 0. The van der Waals surface area contributed by atoms with Gasteiger partial charge < -0.3 is 15.4 Å². The molecule has 0 spiro atoms. The van der Waals surface area contributed by atoms with Gasteiger partial charge in [0.2, 0.25) is 11.8 Å². The first-order valence-electron chi connectivity index (χ1n) is 8.80. The SMILES string of the molecule is O=C1C[C@H](C(=O)NCCCCN2CCOCC2)c2ccc(F)cc2N1. The molecule has 25 heavy (non-hydrogen) atoms. The van der Waals surface area contributed by atoms with Gasteiger partial charge in [0, 0.05) is 31.7 Å². The van der Waals surface area contributed by atoms with E-state index in [9.17, 15) is 14.0 Å². The van der Waals surface area contributed by atoms with Crippen LogP contribution in [0.2, 0.25) is 0 Å². The fourth-order valence-electron chi connectivity index (χ4n) is 3.29. The van der Waals surface area contributed by atoms with Crippen LogP contribution in [0, 0.1) is 5.82 Å². The smallest absolute Gasteiger partial charge is 0.228 e. The highest BCUT2D eigenvalue weighted by Gasteiger charge is 2.30. The van der Waals surface area contributed by atoms with Crippen molar-refractivity contribution in [1.82, 2.24) is 10.2 Å². The maximum Gasteiger partial charge on any atom is 0.228 e. The molecule has 0 radical (unpaired) electrons. The van der Waals surface area contributed by atoms with Crippen LogP contribution in [-0.4, -0.2) is 56.1 Å². The largest absolute Gasteiger partial charge is 0.379 e. The lowest BCUT2D eigenvalue weighted by molar-refractivity contribution is -0.126. The van der Waals surface area contributed by atoms with Gasteiger partial charge in [-0.3, -0.25) is 14.5 Å². The van der Waals surface area contributed by atoms with Crippen LogP contribution in [0.3, 0.4) is 0 Å². The van der Waals surface area contributed by atoms with E-state index in [1.165, 1.54) is 12.1 Å². The molecule has 1 fully saturated rings. The van der Waals surface area contributed by atoms with Gasteiger partial charge in [-0.05, 0) is 37.1 Å². The summed E-state index contributed by atoms with van der Waals surface area (Å²) in [6.45, 7) is 5.11. The lowest BCUT2D eigenvalue weighted by Gasteiger charge is -2.26. The third kappa shape index (κ3) is 4.76. The van der Waals surface area contributed by atoms with Crippen molar-refractivity contribution >= 4 is 17.5 Å². The van der Waals surface area contributed by atoms with Crippen molar-refractivity contribution in [1.29, 1.82) is 0 Å². The second kappa shape index (κ2) is 8.40. The van der Waals surface area contributed by atoms with Gasteiger partial charge in [0.1, 0.15) is 5.82 Å². The number of amides is 2. The molecular formula is C18H24FN3O3. The highest BCUT2D eigenvalue weighted by atomic mass is 19.1. The molecule has 136 valence electrons. The van der Waals surface area contributed by atoms with Gasteiger partial charge in [-0.25, -0.2) is 4.39 Å². The number of morpholine rings is 1. The van der Waals surface area contributed by atoms with Crippen molar-refractivity contribution in [2.24, 2.45) is 0 Å². The molecule has 2 heterocycles. The number of halogens is 1. The number of rotatable bonds is 6. The molecule has 0 aromatic heterocycles. The van der Waals surface area contributed by atoms with E-state index in [4.69, 9.17) is 4.74 Å². The molecule has 2 amide bonds. The molecule has 0 unspecified atom stereocenters. The molecule has 6 nitrogen and oxygen atoms in total. The second-order valence-corrected chi connectivity index (χ2v) is 6.49. The van der Waals surface area contributed by atoms with Crippen molar-refractivity contribution < 1.29 is 18.7 Å². The summed E-state index contributed by atoms with van der Waals surface area (Å²) < 4.78 is 18.6. The Labute approximate surface area is 146 Å². The van der Waals surface area contributed by atoms with Gasteiger partial charge in [-0.15, -0.1) is 0 Å². The third-order valence-corrected chi connectivity index (χ3v) is 4.67. The lowest BCUT2D eigenvalue weighted by atomic mass is 9.89. The monoisotopic (exact) mass is 349 g/mol. The number of unbranched alkanes of at least 4 members (excludes halogenated alkanes) is 1. The Balaban J connectivity index is 1.46. The highest BCUT2D eigenvalue weighted by Crippen LogP contribution is 2.32. The number of anilines is 1. The van der Waals surface area contributed by atoms with Crippen LogP contribution in [0.1, 0.15) is 30.7 Å². The van der Waals surface area contributed by atoms with Crippen molar-refractivity contribution in [3.8, 4) is 0 Å². The van der Waals surface area contributed by atoms with Gasteiger partial charge >= 0.3 is 0 Å². The van der Waals surface area contributed by atoms with Crippen molar-refractivity contribution in [2.75, 3.05) is 44.7 Å². The van der Waals surface area contributed by atoms with Gasteiger partial charge in [0.05, 0.1) is 19.1 Å². The van der Waals surface area contributed by atoms with Crippen LogP contribution >= 0.6 is 0 Å². The average Bonchev–Trinajstić information content (AvgIpc) is 2.61. The summed E-state index contributed by atoms with van der Waals surface area (Å²) in [5.41, 5.74) is 1.07. The Bertz CT molecular complexity index is 632. The van der Waals surface area contributed by atoms with Crippen molar-refractivity contribution in [3.05, 3.63) is 29.6 Å². The van der Waals surface area contributed by atoms with E-state index < -0.39 is 11.7 Å². The zero-order valence-electron chi connectivity index (χ0n) is 14.2. The van der Waals surface area contributed by atoms with Crippen molar-refractivity contribution in [2.45, 2.75) is 25.2 Å². The van der Waals surface area contributed by atoms with Gasteiger partial charge in [0.25, 0.3) is 0 Å². The topological polar surface area (TPSA) is 70.7 Å². The maximum atomic E-state index is 13.3. The number of ether oxygens (including phenoxy) is 1. The molecule has 2 aliphatic rings. The predicted octanol–water partition coefficient (Wildman–Crippen LogP) is 1.48. The average molecular weight is 349 g/mol. The molecule has 1 aromatic carbocycles. The van der Waals surface area contributed by atoms with Crippen LogP contribution in [0.15, 0.2) is 18.2 Å². The van der Waals surface area contributed by atoms with Crippen LogP contribution in [0.25, 0.3) is 0 Å². The number of fused-ring (bicyclic) bond motifs is 1. The first-order valence-corrected chi connectivity index (χ1v) is 8.80. The molecule has 0 bridgehead atoms. The molecule has 7 heteroatoms. The summed E-state index contributed by atoms with van der Waals surface area (Å²) in [5, 5.41) is 5.53. The van der Waals surface area contributed by atoms with Crippen molar-refractivity contribution in [3.63, 3.8) is 0 Å². The Morgan fingerprint density at radius 3 is 2.92 bits per heavy atom. The molecule has 2 aliphatic heterocycles. The molecule has 0 saturated carbocycles. The van der Waals surface area contributed by atoms with Gasteiger partial charge in [0.15, 0.2) is 0 Å². The predicted molar refractivity (Wildman–Crippen MR) is 91.9 cm³/mol. The van der Waals surface area contributed by atoms with E-state index in [-0.39, 0.29) is 18.2 Å². The second-order valence-electron chi connectivity index (χ2n) is 6.49. The summed E-state index contributed by atoms with van der Waals surface area (Å²) in [5.74, 6) is -1.41. The van der Waals surface area contributed by atoms with Crippen LogP contribution in [0.4, 0.5) is 10.1 Å². The van der Waals surface area contributed by atoms with E-state index in [1.54, 1.807) is 6.07 Å². The van der Waals surface area contributed by atoms with Crippen LogP contribution in [-0.2, 0) is 14.3 Å². The Hall–Kier alpha value is -1.99. The van der Waals surface area contributed by atoms with E-state index in [1.807, 2.05) is 0 Å². The van der Waals surface area contributed by atoms with E-state index >= 15 is 0 Å². The summed E-state index contributed by atoms with van der Waals surface area (Å²) in [4.78, 5) is 26.6. The minimum absolute atomic E-state index is 0.0955. The summed E-state index contributed by atoms with van der Waals surface area (Å²) in [7, 11) is 0. The highest BCUT2D eigenvalue weighted by molar-refractivity contribution is 6.01. The fraction of sp³-hybridized carbons (Fsp3) is 0.556. The zero-order valence-corrected chi connectivity index (χ0v) is 14.2. The third-order valence-electron chi connectivity index (χ3n) is 4.67. The first kappa shape index (κ1) is 17.8. The zero-order chi connectivity index (χ0) is 17.6. The minimum atomic E-state index is -0.552. The normalized spacial score (nSPS) is 20.7. The fourth-order valence-corrected chi connectivity index (χ4v) is 3.29. The molecular weight excluding hydrogens is 325 g/mol. The molecule has 2 N–H and O–H groups in total. The molecule has 3 rings (SSSR count). The Kier molecular flexibility index (Phi) is 5.99. The standard InChI is InChI=1S/C18H24FN3O3/c19-13-3-4-14-15(12-17(23)21-16(14)11-13)18(24)20-5-1-2-6-22-7-9-25-10-8-22/h3-4,11,15H,1-2,5-10,12H2,(H,20,24)(H,21,23)/t15-/m0/s1. The van der Waals surface area contributed by atoms with Gasteiger partial charge in [-0.2, -0.15) is 0 Å². The summed E-state index contributed by atoms with van der Waals surface area (Å²) in [6, 6.07) is 4.15. The van der Waals surface area contributed by atoms with Gasteiger partial charge in [-0.1, -0.05) is 6.07 Å². The maximum absolute atomic E-state index is 13.3. The van der Waals surface area contributed by atoms with Crippen LogP contribution in [0.5, 0.6) is 0 Å². The number of carbonyl (C=O) groups is 2. The molecule has 1 saturated heterocycles. The molecule has 1 atom stereocenters. The number of nitrogens with one attached hydrogen (secondary N) is 2. The number of hydrogen-bond donors (Lipinski definition) is 2.